The molecule has 0 saturated carbocycles. The standard InChI is InChI=1S/C19H23N5O/c1-13(19-21-14(2)23-25-19)24-10-6-9-16(12-24)18-20-11-17(22-18)15-7-4-3-5-8-15/h3-5,7-8,11,13,16H,6,9-10,12H2,1-2H3,(H,20,22)/t13-,16-/m0/s1. The zero-order valence-corrected chi connectivity index (χ0v) is 14.6. The predicted octanol–water partition coefficient (Wildman–Crippen LogP) is 3.71. The fourth-order valence-electron chi connectivity index (χ4n) is 3.53. The van der Waals surface area contributed by atoms with Gasteiger partial charge in [-0.2, -0.15) is 4.98 Å². The van der Waals surface area contributed by atoms with E-state index in [0.29, 0.717) is 17.6 Å². The van der Waals surface area contributed by atoms with Crippen molar-refractivity contribution in [2.24, 2.45) is 0 Å². The van der Waals surface area contributed by atoms with Gasteiger partial charge in [0, 0.05) is 12.5 Å². The zero-order chi connectivity index (χ0) is 17.2. The van der Waals surface area contributed by atoms with Gasteiger partial charge in [-0.15, -0.1) is 0 Å². The van der Waals surface area contributed by atoms with Gasteiger partial charge < -0.3 is 9.51 Å². The largest absolute Gasteiger partial charge is 0.342 e. The highest BCUT2D eigenvalue weighted by atomic mass is 16.5. The molecule has 6 nitrogen and oxygen atoms in total. The first-order valence-electron chi connectivity index (χ1n) is 8.85. The molecule has 0 spiro atoms. The van der Waals surface area contributed by atoms with Crippen LogP contribution in [0.15, 0.2) is 41.1 Å². The van der Waals surface area contributed by atoms with Crippen molar-refractivity contribution in [1.82, 2.24) is 25.0 Å². The van der Waals surface area contributed by atoms with Crippen molar-refractivity contribution < 1.29 is 4.52 Å². The minimum absolute atomic E-state index is 0.132. The van der Waals surface area contributed by atoms with Crippen molar-refractivity contribution in [3.05, 3.63) is 54.1 Å². The molecule has 25 heavy (non-hydrogen) atoms. The van der Waals surface area contributed by atoms with E-state index in [-0.39, 0.29) is 6.04 Å². The van der Waals surface area contributed by atoms with Crippen molar-refractivity contribution in [3.8, 4) is 11.3 Å². The molecule has 1 aromatic carbocycles. The SMILES string of the molecule is Cc1noc([C@H](C)N2CCC[C@H](c3ncc(-c4ccccc4)[nH]3)C2)n1. The van der Waals surface area contributed by atoms with Gasteiger partial charge in [0.15, 0.2) is 5.82 Å². The van der Waals surface area contributed by atoms with Crippen molar-refractivity contribution in [2.45, 2.75) is 38.6 Å². The Bertz CT molecular complexity index is 825. The van der Waals surface area contributed by atoms with Crippen molar-refractivity contribution in [2.75, 3.05) is 13.1 Å². The lowest BCUT2D eigenvalue weighted by atomic mass is 9.96. The molecule has 0 unspecified atom stereocenters. The Balaban J connectivity index is 1.49. The van der Waals surface area contributed by atoms with Gasteiger partial charge in [0.25, 0.3) is 0 Å². The summed E-state index contributed by atoms with van der Waals surface area (Å²) in [6.45, 7) is 5.98. The minimum Gasteiger partial charge on any atom is -0.342 e. The van der Waals surface area contributed by atoms with E-state index >= 15 is 0 Å². The molecule has 0 bridgehead atoms. The third kappa shape index (κ3) is 3.35. The lowest BCUT2D eigenvalue weighted by Gasteiger charge is -2.34. The van der Waals surface area contributed by atoms with Crippen LogP contribution in [-0.2, 0) is 0 Å². The number of likely N-dealkylation sites (tertiary alicyclic amines) is 1. The van der Waals surface area contributed by atoms with Gasteiger partial charge in [-0.25, -0.2) is 4.98 Å². The summed E-state index contributed by atoms with van der Waals surface area (Å²) in [5.41, 5.74) is 2.25. The number of piperidine rings is 1. The van der Waals surface area contributed by atoms with Crippen LogP contribution in [0.3, 0.4) is 0 Å². The Labute approximate surface area is 147 Å². The molecule has 2 aromatic heterocycles. The summed E-state index contributed by atoms with van der Waals surface area (Å²) in [5, 5.41) is 3.92. The van der Waals surface area contributed by atoms with Gasteiger partial charge in [0.1, 0.15) is 5.82 Å². The molecular formula is C19H23N5O. The quantitative estimate of drug-likeness (QED) is 0.786. The van der Waals surface area contributed by atoms with Gasteiger partial charge in [-0.3, -0.25) is 4.90 Å². The molecule has 0 amide bonds. The molecule has 1 aliphatic heterocycles. The predicted molar refractivity (Wildman–Crippen MR) is 95.0 cm³/mol. The number of nitrogens with zero attached hydrogens (tertiary/aromatic N) is 4. The van der Waals surface area contributed by atoms with E-state index < -0.39 is 0 Å². The second kappa shape index (κ2) is 6.80. The van der Waals surface area contributed by atoms with Crippen LogP contribution in [0.4, 0.5) is 0 Å². The van der Waals surface area contributed by atoms with E-state index in [1.165, 1.54) is 5.56 Å². The maximum absolute atomic E-state index is 5.36. The highest BCUT2D eigenvalue weighted by Crippen LogP contribution is 2.31. The van der Waals surface area contributed by atoms with Crippen molar-refractivity contribution in [3.63, 3.8) is 0 Å². The van der Waals surface area contributed by atoms with Crippen LogP contribution in [0.1, 0.15) is 49.3 Å². The number of hydrogen-bond acceptors (Lipinski definition) is 5. The van der Waals surface area contributed by atoms with Crippen LogP contribution in [0.2, 0.25) is 0 Å². The van der Waals surface area contributed by atoms with E-state index in [1.54, 1.807) is 0 Å². The zero-order valence-electron chi connectivity index (χ0n) is 14.6. The molecule has 2 atom stereocenters. The second-order valence-electron chi connectivity index (χ2n) is 6.74. The van der Waals surface area contributed by atoms with E-state index in [1.807, 2.05) is 31.3 Å². The van der Waals surface area contributed by atoms with Crippen LogP contribution < -0.4 is 0 Å². The third-order valence-corrected chi connectivity index (χ3v) is 4.97. The summed E-state index contributed by atoms with van der Waals surface area (Å²) in [6, 6.07) is 10.5. The summed E-state index contributed by atoms with van der Waals surface area (Å²) < 4.78 is 5.36. The number of aryl methyl sites for hydroxylation is 1. The molecule has 1 N–H and O–H groups in total. The molecule has 0 radical (unpaired) electrons. The first-order valence-corrected chi connectivity index (χ1v) is 8.85. The minimum atomic E-state index is 0.132. The van der Waals surface area contributed by atoms with Crippen LogP contribution in [0.5, 0.6) is 0 Å². The Kier molecular flexibility index (Phi) is 4.36. The van der Waals surface area contributed by atoms with E-state index in [0.717, 1.165) is 37.4 Å². The molecule has 0 aliphatic carbocycles. The van der Waals surface area contributed by atoms with E-state index in [2.05, 4.69) is 44.1 Å². The highest BCUT2D eigenvalue weighted by molar-refractivity contribution is 5.58. The molecule has 4 rings (SSSR count). The monoisotopic (exact) mass is 337 g/mol. The summed E-state index contributed by atoms with van der Waals surface area (Å²) in [4.78, 5) is 15.0. The summed E-state index contributed by atoms with van der Waals surface area (Å²) in [5.74, 6) is 2.85. The lowest BCUT2D eigenvalue weighted by molar-refractivity contribution is 0.131. The number of benzene rings is 1. The second-order valence-corrected chi connectivity index (χ2v) is 6.74. The molecule has 130 valence electrons. The summed E-state index contributed by atoms with van der Waals surface area (Å²) in [7, 11) is 0. The Hall–Kier alpha value is -2.47. The number of imidazole rings is 1. The fraction of sp³-hybridized carbons (Fsp3) is 0.421. The van der Waals surface area contributed by atoms with Crippen molar-refractivity contribution >= 4 is 0 Å². The molecule has 3 aromatic rings. The molecule has 6 heteroatoms. The molecule has 3 heterocycles. The van der Waals surface area contributed by atoms with Crippen LogP contribution in [-0.4, -0.2) is 38.1 Å². The maximum Gasteiger partial charge on any atom is 0.243 e. The lowest BCUT2D eigenvalue weighted by Crippen LogP contribution is -2.36. The van der Waals surface area contributed by atoms with Gasteiger partial charge in [-0.1, -0.05) is 35.5 Å². The Morgan fingerprint density at radius 3 is 2.88 bits per heavy atom. The van der Waals surface area contributed by atoms with Gasteiger partial charge in [-0.05, 0) is 38.8 Å². The molecular weight excluding hydrogens is 314 g/mol. The topological polar surface area (TPSA) is 70.8 Å². The van der Waals surface area contributed by atoms with Gasteiger partial charge in [0.05, 0.1) is 17.9 Å². The maximum atomic E-state index is 5.36. The van der Waals surface area contributed by atoms with Crippen LogP contribution in [0.25, 0.3) is 11.3 Å². The van der Waals surface area contributed by atoms with E-state index in [4.69, 9.17) is 4.52 Å². The first-order chi connectivity index (χ1) is 12.2. The average Bonchev–Trinajstić information content (AvgIpc) is 3.31. The Morgan fingerprint density at radius 2 is 2.12 bits per heavy atom. The molecule has 1 fully saturated rings. The fourth-order valence-corrected chi connectivity index (χ4v) is 3.53. The Morgan fingerprint density at radius 1 is 1.28 bits per heavy atom. The number of hydrogen-bond donors (Lipinski definition) is 1. The number of aromatic nitrogens is 4. The van der Waals surface area contributed by atoms with Gasteiger partial charge >= 0.3 is 0 Å². The van der Waals surface area contributed by atoms with Crippen LogP contribution in [0, 0.1) is 6.92 Å². The number of rotatable bonds is 4. The molecule has 1 aliphatic rings. The van der Waals surface area contributed by atoms with Crippen molar-refractivity contribution in [1.29, 1.82) is 0 Å². The average molecular weight is 337 g/mol. The van der Waals surface area contributed by atoms with Gasteiger partial charge in [0.2, 0.25) is 5.89 Å². The summed E-state index contributed by atoms with van der Waals surface area (Å²) in [6.07, 6.45) is 4.23. The highest BCUT2D eigenvalue weighted by Gasteiger charge is 2.29. The normalized spacial score (nSPS) is 19.8. The first kappa shape index (κ1) is 16.0. The number of nitrogens with one attached hydrogen (secondary N) is 1. The third-order valence-electron chi connectivity index (χ3n) is 4.97. The van der Waals surface area contributed by atoms with Crippen LogP contribution >= 0.6 is 0 Å². The molecule has 1 saturated heterocycles. The summed E-state index contributed by atoms with van der Waals surface area (Å²) >= 11 is 0. The number of H-pyrrole nitrogens is 1. The van der Waals surface area contributed by atoms with E-state index in [9.17, 15) is 0 Å². The smallest absolute Gasteiger partial charge is 0.243 e. The number of aromatic amines is 1.